The van der Waals surface area contributed by atoms with Gasteiger partial charge in [-0.25, -0.2) is 4.79 Å². The normalized spacial score (nSPS) is 16.3. The first-order valence-electron chi connectivity index (χ1n) is 9.68. The van der Waals surface area contributed by atoms with E-state index in [9.17, 15) is 9.59 Å². The van der Waals surface area contributed by atoms with Gasteiger partial charge in [-0.15, -0.1) is 0 Å². The van der Waals surface area contributed by atoms with Gasteiger partial charge in [-0.05, 0) is 36.6 Å². The Hall–Kier alpha value is -3.07. The van der Waals surface area contributed by atoms with Gasteiger partial charge in [0.15, 0.2) is 11.2 Å². The van der Waals surface area contributed by atoms with E-state index >= 15 is 0 Å². The van der Waals surface area contributed by atoms with E-state index in [-0.39, 0.29) is 24.6 Å². The number of imidazole rings is 1. The molecule has 9 nitrogen and oxygen atoms in total. The molecule has 0 saturated carbocycles. The maximum absolute atomic E-state index is 13.1. The SMILES string of the molecule is COc1ccc(N2C[C@@H](C)Cn3c2nc2c3c(=O)n(CCCO)c(=O)n2C)cc1. The number of anilines is 2. The Labute approximate surface area is 167 Å². The molecule has 3 heterocycles. The predicted molar refractivity (Wildman–Crippen MR) is 110 cm³/mol. The quantitative estimate of drug-likeness (QED) is 0.690. The highest BCUT2D eigenvalue weighted by Crippen LogP contribution is 2.33. The molecular formula is C20H25N5O4. The molecule has 1 aliphatic rings. The van der Waals surface area contributed by atoms with E-state index in [1.165, 1.54) is 9.13 Å². The summed E-state index contributed by atoms with van der Waals surface area (Å²) in [6.45, 7) is 3.61. The first-order valence-corrected chi connectivity index (χ1v) is 9.68. The van der Waals surface area contributed by atoms with Gasteiger partial charge in [0.2, 0.25) is 5.95 Å². The summed E-state index contributed by atoms with van der Waals surface area (Å²) in [5.74, 6) is 1.70. The number of aliphatic hydroxyl groups excluding tert-OH is 1. The molecule has 1 aliphatic heterocycles. The zero-order valence-corrected chi connectivity index (χ0v) is 16.8. The molecule has 9 heteroatoms. The van der Waals surface area contributed by atoms with E-state index in [2.05, 4.69) is 16.8 Å². The Morgan fingerprint density at radius 3 is 2.59 bits per heavy atom. The lowest BCUT2D eigenvalue weighted by Crippen LogP contribution is -2.40. The van der Waals surface area contributed by atoms with E-state index in [0.717, 1.165) is 18.0 Å². The van der Waals surface area contributed by atoms with E-state index in [1.54, 1.807) is 14.2 Å². The number of fused-ring (bicyclic) bond motifs is 3. The summed E-state index contributed by atoms with van der Waals surface area (Å²) in [6, 6.07) is 7.69. The Morgan fingerprint density at radius 1 is 1.21 bits per heavy atom. The molecule has 0 spiro atoms. The fraction of sp³-hybridized carbons (Fsp3) is 0.450. The van der Waals surface area contributed by atoms with E-state index < -0.39 is 5.69 Å². The third-order valence-electron chi connectivity index (χ3n) is 5.37. The van der Waals surface area contributed by atoms with Crippen molar-refractivity contribution >= 4 is 22.8 Å². The van der Waals surface area contributed by atoms with Gasteiger partial charge < -0.3 is 19.3 Å². The van der Waals surface area contributed by atoms with Crippen molar-refractivity contribution < 1.29 is 9.84 Å². The first-order chi connectivity index (χ1) is 14.0. The van der Waals surface area contributed by atoms with Crippen LogP contribution in [0.2, 0.25) is 0 Å². The molecule has 0 saturated heterocycles. The Morgan fingerprint density at radius 2 is 1.93 bits per heavy atom. The van der Waals surface area contributed by atoms with E-state index in [1.807, 2.05) is 28.8 Å². The fourth-order valence-electron chi connectivity index (χ4n) is 3.91. The summed E-state index contributed by atoms with van der Waals surface area (Å²) in [5, 5.41) is 9.12. The molecule has 3 aromatic rings. The van der Waals surface area contributed by atoms with Crippen LogP contribution in [0.3, 0.4) is 0 Å². The highest BCUT2D eigenvalue weighted by Gasteiger charge is 2.29. The van der Waals surface area contributed by atoms with Crippen molar-refractivity contribution in [3.63, 3.8) is 0 Å². The number of aromatic nitrogens is 4. The molecular weight excluding hydrogens is 374 g/mol. The maximum Gasteiger partial charge on any atom is 0.332 e. The van der Waals surface area contributed by atoms with Crippen molar-refractivity contribution in [1.29, 1.82) is 0 Å². The van der Waals surface area contributed by atoms with Gasteiger partial charge in [0, 0.05) is 39.0 Å². The largest absolute Gasteiger partial charge is 0.497 e. The highest BCUT2D eigenvalue weighted by molar-refractivity contribution is 5.77. The Balaban J connectivity index is 1.93. The van der Waals surface area contributed by atoms with Crippen molar-refractivity contribution in [2.24, 2.45) is 13.0 Å². The number of rotatable bonds is 5. The standard InChI is InChI=1S/C20H25N5O4/c1-13-11-24(14-5-7-15(29-3)8-6-14)19-21-17-16(25(19)12-13)18(27)23(9-4-10-26)20(28)22(17)2/h5-8,13,26H,4,9-12H2,1-3H3/t13-/m1/s1. The van der Waals surface area contributed by atoms with Crippen LogP contribution in [0.25, 0.3) is 11.2 Å². The Bertz CT molecular complexity index is 1160. The summed E-state index contributed by atoms with van der Waals surface area (Å²) >= 11 is 0. The minimum Gasteiger partial charge on any atom is -0.497 e. The molecule has 0 bridgehead atoms. The first kappa shape index (κ1) is 19.3. The van der Waals surface area contributed by atoms with Crippen molar-refractivity contribution in [2.45, 2.75) is 26.4 Å². The van der Waals surface area contributed by atoms with Gasteiger partial charge in [-0.3, -0.25) is 13.9 Å². The summed E-state index contributed by atoms with van der Waals surface area (Å²) in [5.41, 5.74) is 0.960. The van der Waals surface area contributed by atoms with Gasteiger partial charge in [-0.1, -0.05) is 6.92 Å². The highest BCUT2D eigenvalue weighted by atomic mass is 16.5. The monoisotopic (exact) mass is 399 g/mol. The van der Waals surface area contributed by atoms with Gasteiger partial charge in [0.1, 0.15) is 5.75 Å². The third kappa shape index (κ3) is 3.11. The minimum atomic E-state index is -0.421. The van der Waals surface area contributed by atoms with Crippen molar-refractivity contribution in [2.75, 3.05) is 25.2 Å². The number of hydrogen-bond acceptors (Lipinski definition) is 6. The smallest absolute Gasteiger partial charge is 0.332 e. The van der Waals surface area contributed by atoms with Crippen LogP contribution in [0.15, 0.2) is 33.9 Å². The molecule has 4 rings (SSSR count). The van der Waals surface area contributed by atoms with Crippen LogP contribution in [-0.2, 0) is 20.1 Å². The lowest BCUT2D eigenvalue weighted by molar-refractivity contribution is 0.277. The summed E-state index contributed by atoms with van der Waals surface area (Å²) in [6.07, 6.45) is 0.343. The second-order valence-corrected chi connectivity index (χ2v) is 7.48. The molecule has 1 atom stereocenters. The molecule has 2 aromatic heterocycles. The van der Waals surface area contributed by atoms with Crippen LogP contribution < -0.4 is 20.9 Å². The molecule has 1 aromatic carbocycles. The number of aliphatic hydroxyl groups is 1. The minimum absolute atomic E-state index is 0.0829. The van der Waals surface area contributed by atoms with Crippen molar-refractivity contribution in [3.8, 4) is 5.75 Å². The number of hydrogen-bond donors (Lipinski definition) is 1. The summed E-state index contributed by atoms with van der Waals surface area (Å²) in [4.78, 5) is 32.6. The number of methoxy groups -OCH3 is 1. The zero-order chi connectivity index (χ0) is 20.7. The number of benzene rings is 1. The lowest BCUT2D eigenvalue weighted by Gasteiger charge is -2.33. The van der Waals surface area contributed by atoms with Gasteiger partial charge in [0.25, 0.3) is 5.56 Å². The van der Waals surface area contributed by atoms with Gasteiger partial charge in [-0.2, -0.15) is 4.98 Å². The number of nitrogens with zero attached hydrogens (tertiary/aromatic N) is 5. The molecule has 29 heavy (non-hydrogen) atoms. The second-order valence-electron chi connectivity index (χ2n) is 7.48. The molecule has 0 fully saturated rings. The molecule has 0 unspecified atom stereocenters. The second kappa shape index (κ2) is 7.40. The average Bonchev–Trinajstić information content (AvgIpc) is 3.11. The van der Waals surface area contributed by atoms with Crippen LogP contribution in [-0.4, -0.2) is 44.1 Å². The third-order valence-corrected chi connectivity index (χ3v) is 5.37. The van der Waals surface area contributed by atoms with Crippen LogP contribution in [0, 0.1) is 5.92 Å². The fourth-order valence-corrected chi connectivity index (χ4v) is 3.91. The van der Waals surface area contributed by atoms with E-state index in [4.69, 9.17) is 9.84 Å². The Kier molecular flexibility index (Phi) is 4.91. The van der Waals surface area contributed by atoms with Crippen molar-refractivity contribution in [3.05, 3.63) is 45.1 Å². The summed E-state index contributed by atoms with van der Waals surface area (Å²) < 4.78 is 9.75. The van der Waals surface area contributed by atoms with Crippen LogP contribution >= 0.6 is 0 Å². The van der Waals surface area contributed by atoms with Crippen molar-refractivity contribution in [1.82, 2.24) is 18.7 Å². The molecule has 0 radical (unpaired) electrons. The molecule has 1 N–H and O–H groups in total. The van der Waals surface area contributed by atoms with E-state index in [0.29, 0.717) is 30.1 Å². The topological polar surface area (TPSA) is 94.5 Å². The molecule has 154 valence electrons. The lowest BCUT2D eigenvalue weighted by atomic mass is 10.1. The van der Waals surface area contributed by atoms with Crippen LogP contribution in [0.4, 0.5) is 11.6 Å². The van der Waals surface area contributed by atoms with Crippen LogP contribution in [0.1, 0.15) is 13.3 Å². The molecule has 0 amide bonds. The molecule has 0 aliphatic carbocycles. The zero-order valence-electron chi connectivity index (χ0n) is 16.8. The summed E-state index contributed by atoms with van der Waals surface area (Å²) in [7, 11) is 3.25. The van der Waals surface area contributed by atoms with Crippen LogP contribution in [0.5, 0.6) is 5.75 Å². The van der Waals surface area contributed by atoms with Gasteiger partial charge >= 0.3 is 5.69 Å². The average molecular weight is 399 g/mol. The predicted octanol–water partition coefficient (Wildman–Crippen LogP) is 1.08. The van der Waals surface area contributed by atoms with Gasteiger partial charge in [0.05, 0.1) is 7.11 Å². The number of ether oxygens (including phenoxy) is 1. The maximum atomic E-state index is 13.1. The number of aryl methyl sites for hydroxylation is 1.